The van der Waals surface area contributed by atoms with Crippen molar-refractivity contribution in [2.24, 2.45) is 22.2 Å². The zero-order valence-corrected chi connectivity index (χ0v) is 11.0. The average Bonchev–Trinajstić information content (AvgIpc) is 2.48. The summed E-state index contributed by atoms with van der Waals surface area (Å²) in [6.45, 7) is 10.4. The SMILES string of the molecule is CCC1CC2(C)C(=O)C(=O)C1(CC)C2(C)C. The first-order valence-electron chi connectivity index (χ1n) is 6.38. The van der Waals surface area contributed by atoms with Gasteiger partial charge in [-0.3, -0.25) is 9.59 Å². The van der Waals surface area contributed by atoms with Crippen LogP contribution in [0, 0.1) is 22.2 Å². The largest absolute Gasteiger partial charge is 0.290 e. The minimum absolute atomic E-state index is 0.0828. The van der Waals surface area contributed by atoms with E-state index in [1.807, 2.05) is 6.92 Å². The Labute approximate surface area is 97.8 Å². The predicted molar refractivity (Wildman–Crippen MR) is 63.0 cm³/mol. The summed E-state index contributed by atoms with van der Waals surface area (Å²) in [5, 5.41) is 0. The van der Waals surface area contributed by atoms with Crippen molar-refractivity contribution >= 4 is 11.6 Å². The Balaban J connectivity index is 2.67. The molecule has 0 aliphatic heterocycles. The summed E-state index contributed by atoms with van der Waals surface area (Å²) in [5.74, 6) is 0.201. The third kappa shape index (κ3) is 0.834. The third-order valence-electron chi connectivity index (χ3n) is 6.01. The monoisotopic (exact) mass is 222 g/mol. The van der Waals surface area contributed by atoms with Crippen LogP contribution in [0.15, 0.2) is 0 Å². The van der Waals surface area contributed by atoms with Gasteiger partial charge in [-0.2, -0.15) is 0 Å². The lowest BCUT2D eigenvalue weighted by Gasteiger charge is -2.40. The second-order valence-electron chi connectivity index (χ2n) is 6.25. The molecule has 0 saturated heterocycles. The molecule has 0 radical (unpaired) electrons. The maximum absolute atomic E-state index is 12.4. The van der Waals surface area contributed by atoms with Crippen LogP contribution in [0.25, 0.3) is 0 Å². The Morgan fingerprint density at radius 3 is 2.06 bits per heavy atom. The van der Waals surface area contributed by atoms with Gasteiger partial charge in [0.2, 0.25) is 11.6 Å². The maximum atomic E-state index is 12.4. The first kappa shape index (κ1) is 11.8. The Kier molecular flexibility index (Phi) is 2.19. The van der Waals surface area contributed by atoms with Crippen LogP contribution in [0.1, 0.15) is 53.9 Å². The van der Waals surface area contributed by atoms with Crippen molar-refractivity contribution in [2.45, 2.75) is 53.9 Å². The molecule has 3 atom stereocenters. The number of rotatable bonds is 2. The van der Waals surface area contributed by atoms with Crippen LogP contribution in [-0.4, -0.2) is 11.6 Å². The van der Waals surface area contributed by atoms with Gasteiger partial charge in [-0.25, -0.2) is 0 Å². The van der Waals surface area contributed by atoms with Crippen molar-refractivity contribution in [3.63, 3.8) is 0 Å². The summed E-state index contributed by atoms with van der Waals surface area (Å²) in [5.41, 5.74) is -0.974. The van der Waals surface area contributed by atoms with E-state index in [9.17, 15) is 9.59 Å². The zero-order chi connectivity index (χ0) is 12.4. The molecule has 2 heteroatoms. The number of hydrogen-bond donors (Lipinski definition) is 0. The van der Waals surface area contributed by atoms with Gasteiger partial charge in [0.05, 0.1) is 0 Å². The highest BCUT2D eigenvalue weighted by Crippen LogP contribution is 2.72. The maximum Gasteiger partial charge on any atom is 0.205 e. The van der Waals surface area contributed by atoms with E-state index in [-0.39, 0.29) is 22.4 Å². The fourth-order valence-corrected chi connectivity index (χ4v) is 4.61. The molecule has 2 rings (SSSR count). The molecule has 0 amide bonds. The van der Waals surface area contributed by atoms with E-state index in [1.165, 1.54) is 0 Å². The minimum atomic E-state index is -0.416. The highest BCUT2D eigenvalue weighted by atomic mass is 16.2. The van der Waals surface area contributed by atoms with E-state index in [2.05, 4.69) is 27.7 Å². The van der Waals surface area contributed by atoms with Crippen molar-refractivity contribution in [3.8, 4) is 0 Å². The molecule has 0 spiro atoms. The molecule has 3 unspecified atom stereocenters. The second-order valence-corrected chi connectivity index (χ2v) is 6.25. The summed E-state index contributed by atoms with van der Waals surface area (Å²) >= 11 is 0. The lowest BCUT2D eigenvalue weighted by molar-refractivity contribution is -0.145. The fraction of sp³-hybridized carbons (Fsp3) is 0.857. The fourth-order valence-electron chi connectivity index (χ4n) is 4.61. The van der Waals surface area contributed by atoms with Crippen molar-refractivity contribution in [2.75, 3.05) is 0 Å². The second kappa shape index (κ2) is 2.96. The van der Waals surface area contributed by atoms with Gasteiger partial charge in [-0.05, 0) is 24.2 Å². The minimum Gasteiger partial charge on any atom is -0.290 e. The molecule has 0 heterocycles. The van der Waals surface area contributed by atoms with Crippen molar-refractivity contribution < 1.29 is 9.59 Å². The summed E-state index contributed by atoms with van der Waals surface area (Å²) in [6.07, 6.45) is 2.71. The van der Waals surface area contributed by atoms with Crippen LogP contribution in [0.4, 0.5) is 0 Å². The van der Waals surface area contributed by atoms with Crippen molar-refractivity contribution in [1.29, 1.82) is 0 Å². The number of ketones is 2. The molecule has 2 fully saturated rings. The molecular weight excluding hydrogens is 200 g/mol. The summed E-state index contributed by atoms with van der Waals surface area (Å²) in [4.78, 5) is 24.5. The molecule has 0 N–H and O–H groups in total. The molecule has 90 valence electrons. The Bertz CT molecular complexity index is 369. The van der Waals surface area contributed by atoms with E-state index < -0.39 is 5.41 Å². The van der Waals surface area contributed by atoms with Crippen molar-refractivity contribution in [3.05, 3.63) is 0 Å². The van der Waals surface area contributed by atoms with Crippen LogP contribution in [0.3, 0.4) is 0 Å². The smallest absolute Gasteiger partial charge is 0.205 e. The van der Waals surface area contributed by atoms with Crippen LogP contribution in [0.5, 0.6) is 0 Å². The van der Waals surface area contributed by atoms with E-state index >= 15 is 0 Å². The lowest BCUT2D eigenvalue weighted by atomic mass is 9.61. The van der Waals surface area contributed by atoms with Gasteiger partial charge in [0.15, 0.2) is 0 Å². The zero-order valence-electron chi connectivity index (χ0n) is 11.0. The summed E-state index contributed by atoms with van der Waals surface area (Å²) in [6, 6.07) is 0. The van der Waals surface area contributed by atoms with Crippen molar-refractivity contribution in [1.82, 2.24) is 0 Å². The van der Waals surface area contributed by atoms with Gasteiger partial charge >= 0.3 is 0 Å². The summed E-state index contributed by atoms with van der Waals surface area (Å²) < 4.78 is 0. The van der Waals surface area contributed by atoms with Gasteiger partial charge < -0.3 is 0 Å². The van der Waals surface area contributed by atoms with Crippen LogP contribution in [0.2, 0.25) is 0 Å². The van der Waals surface area contributed by atoms with E-state index in [0.717, 1.165) is 19.3 Å². The number of fused-ring (bicyclic) bond motifs is 2. The molecule has 0 aromatic rings. The molecule has 0 aromatic heterocycles. The molecule has 2 aliphatic carbocycles. The van der Waals surface area contributed by atoms with Gasteiger partial charge in [0.1, 0.15) is 0 Å². The molecule has 2 saturated carbocycles. The average molecular weight is 222 g/mol. The number of Topliss-reactive ketones (excluding diaryl/α,β-unsaturated/α-hetero) is 2. The molecule has 2 aliphatic rings. The molecular formula is C14H22O2. The lowest BCUT2D eigenvalue weighted by Crippen LogP contribution is -2.42. The van der Waals surface area contributed by atoms with E-state index in [4.69, 9.17) is 0 Å². The van der Waals surface area contributed by atoms with Crippen LogP contribution >= 0.6 is 0 Å². The highest BCUT2D eigenvalue weighted by molar-refractivity contribution is 6.44. The third-order valence-corrected chi connectivity index (χ3v) is 6.01. The standard InChI is InChI=1S/C14H22O2/c1-6-9-8-13(5)10(15)11(16)14(9,7-2)12(13,3)4/h9H,6-8H2,1-5H3. The van der Waals surface area contributed by atoms with Gasteiger partial charge in [0, 0.05) is 10.8 Å². The quantitative estimate of drug-likeness (QED) is 0.673. The normalized spacial score (nSPS) is 45.4. The first-order valence-corrected chi connectivity index (χ1v) is 6.38. The van der Waals surface area contributed by atoms with Crippen LogP contribution < -0.4 is 0 Å². The summed E-state index contributed by atoms with van der Waals surface area (Å²) in [7, 11) is 0. The highest BCUT2D eigenvalue weighted by Gasteiger charge is 2.76. The predicted octanol–water partition coefficient (Wildman–Crippen LogP) is 3.00. The van der Waals surface area contributed by atoms with E-state index in [0.29, 0.717) is 5.92 Å². The Morgan fingerprint density at radius 1 is 1.12 bits per heavy atom. The van der Waals surface area contributed by atoms with Gasteiger partial charge in [-0.15, -0.1) is 0 Å². The number of carbonyl (C=O) groups excluding carboxylic acids is 2. The van der Waals surface area contributed by atoms with Crippen LogP contribution in [-0.2, 0) is 9.59 Å². The Hall–Kier alpha value is -0.660. The molecule has 0 aromatic carbocycles. The molecule has 2 nitrogen and oxygen atoms in total. The van der Waals surface area contributed by atoms with E-state index in [1.54, 1.807) is 0 Å². The number of hydrogen-bond acceptors (Lipinski definition) is 2. The molecule has 2 bridgehead atoms. The molecule has 16 heavy (non-hydrogen) atoms. The van der Waals surface area contributed by atoms with Gasteiger partial charge in [-0.1, -0.05) is 41.0 Å². The number of carbonyl (C=O) groups is 2. The first-order chi connectivity index (χ1) is 7.29. The van der Waals surface area contributed by atoms with Gasteiger partial charge in [0.25, 0.3) is 0 Å². The topological polar surface area (TPSA) is 34.1 Å². The Morgan fingerprint density at radius 2 is 1.69 bits per heavy atom.